The van der Waals surface area contributed by atoms with E-state index in [0.717, 1.165) is 12.8 Å². The van der Waals surface area contributed by atoms with Crippen LogP contribution in [0.15, 0.2) is 47.1 Å². The number of ketones is 1. The Morgan fingerprint density at radius 2 is 1.73 bits per heavy atom. The molecule has 0 radical (unpaired) electrons. The summed E-state index contributed by atoms with van der Waals surface area (Å²) in [5.74, 6) is 1.07. The molecular weight excluding hydrogens is 332 g/mol. The van der Waals surface area contributed by atoms with Gasteiger partial charge in [-0.05, 0) is 31.4 Å². The summed E-state index contributed by atoms with van der Waals surface area (Å²) >= 11 is 0. The van der Waals surface area contributed by atoms with Crippen LogP contribution in [-0.2, 0) is 6.42 Å². The van der Waals surface area contributed by atoms with Crippen molar-refractivity contribution in [3.05, 3.63) is 53.8 Å². The van der Waals surface area contributed by atoms with Crippen LogP contribution in [0.5, 0.6) is 17.2 Å². The number of hydrogen-bond acceptors (Lipinski definition) is 5. The van der Waals surface area contributed by atoms with Gasteiger partial charge in [0, 0.05) is 0 Å². The molecule has 0 amide bonds. The summed E-state index contributed by atoms with van der Waals surface area (Å²) in [6.07, 6.45) is 3.24. The van der Waals surface area contributed by atoms with Crippen molar-refractivity contribution in [2.45, 2.75) is 19.8 Å². The summed E-state index contributed by atoms with van der Waals surface area (Å²) in [5.41, 5.74) is 2.12. The number of benzene rings is 2. The van der Waals surface area contributed by atoms with Crippen LogP contribution >= 0.6 is 0 Å². The van der Waals surface area contributed by atoms with Crippen molar-refractivity contribution in [3.63, 3.8) is 0 Å². The first kappa shape index (κ1) is 17.9. The van der Waals surface area contributed by atoms with E-state index in [1.165, 1.54) is 26.7 Å². The molecule has 0 saturated carbocycles. The fraction of sp³-hybridized carbons (Fsp3) is 0.286. The third-order valence-electron chi connectivity index (χ3n) is 4.24. The lowest BCUT2D eigenvalue weighted by atomic mass is 10.0. The normalized spacial score (nSPS) is 10.7. The molecule has 5 nitrogen and oxygen atoms in total. The average molecular weight is 354 g/mol. The predicted molar refractivity (Wildman–Crippen MR) is 99.6 cm³/mol. The molecule has 0 aliphatic carbocycles. The molecule has 1 aromatic heterocycles. The molecule has 0 bridgehead atoms. The molecular formula is C21H22O5. The highest BCUT2D eigenvalue weighted by Crippen LogP contribution is 2.46. The highest BCUT2D eigenvalue weighted by molar-refractivity contribution is 6.08. The summed E-state index contributed by atoms with van der Waals surface area (Å²) in [6, 6.07) is 11.9. The smallest absolute Gasteiger partial charge is 0.205 e. The molecule has 26 heavy (non-hydrogen) atoms. The maximum absolute atomic E-state index is 12.3. The minimum Gasteiger partial charge on any atom is -0.495 e. The summed E-state index contributed by atoms with van der Waals surface area (Å²) in [4.78, 5) is 12.3. The Morgan fingerprint density at radius 3 is 2.38 bits per heavy atom. The third-order valence-corrected chi connectivity index (χ3v) is 4.24. The van der Waals surface area contributed by atoms with Gasteiger partial charge in [-0.3, -0.25) is 4.79 Å². The van der Waals surface area contributed by atoms with E-state index in [0.29, 0.717) is 40.4 Å². The third kappa shape index (κ3) is 3.38. The van der Waals surface area contributed by atoms with E-state index in [-0.39, 0.29) is 5.78 Å². The lowest BCUT2D eigenvalue weighted by molar-refractivity contribution is 0.101. The van der Waals surface area contributed by atoms with Crippen LogP contribution in [0.3, 0.4) is 0 Å². The molecule has 0 aliphatic heterocycles. The van der Waals surface area contributed by atoms with Gasteiger partial charge in [0.2, 0.25) is 5.75 Å². The fourth-order valence-electron chi connectivity index (χ4n) is 3.07. The lowest BCUT2D eigenvalue weighted by Crippen LogP contribution is -2.08. The SMILES string of the molecule is COc1c(C(C)=O)c(OCCCc2ccccc2)c(OC)c2occc12. The van der Waals surface area contributed by atoms with Crippen molar-refractivity contribution >= 4 is 16.8 Å². The Labute approximate surface area is 152 Å². The second kappa shape index (κ2) is 7.95. The van der Waals surface area contributed by atoms with Crippen molar-refractivity contribution in [2.24, 2.45) is 0 Å². The molecule has 0 saturated heterocycles. The maximum Gasteiger partial charge on any atom is 0.205 e. The zero-order valence-electron chi connectivity index (χ0n) is 15.2. The van der Waals surface area contributed by atoms with Crippen LogP contribution in [0.4, 0.5) is 0 Å². The number of furan rings is 1. The van der Waals surface area contributed by atoms with Crippen molar-refractivity contribution in [2.75, 3.05) is 20.8 Å². The van der Waals surface area contributed by atoms with Gasteiger partial charge in [0.15, 0.2) is 17.1 Å². The van der Waals surface area contributed by atoms with Gasteiger partial charge in [-0.2, -0.15) is 0 Å². The van der Waals surface area contributed by atoms with Crippen LogP contribution in [0.2, 0.25) is 0 Å². The van der Waals surface area contributed by atoms with Gasteiger partial charge >= 0.3 is 0 Å². The lowest BCUT2D eigenvalue weighted by Gasteiger charge is -2.17. The van der Waals surface area contributed by atoms with Crippen molar-refractivity contribution < 1.29 is 23.4 Å². The van der Waals surface area contributed by atoms with E-state index in [9.17, 15) is 4.79 Å². The van der Waals surface area contributed by atoms with Crippen LogP contribution in [0, 0.1) is 0 Å². The maximum atomic E-state index is 12.3. The van der Waals surface area contributed by atoms with Crippen molar-refractivity contribution in [1.29, 1.82) is 0 Å². The van der Waals surface area contributed by atoms with E-state index < -0.39 is 0 Å². The number of ether oxygens (including phenoxy) is 3. The quantitative estimate of drug-likeness (QED) is 0.435. The Bertz CT molecular complexity index is 896. The molecule has 0 spiro atoms. The van der Waals surface area contributed by atoms with Gasteiger partial charge in [-0.1, -0.05) is 30.3 Å². The van der Waals surface area contributed by atoms with Gasteiger partial charge in [0.25, 0.3) is 0 Å². The van der Waals surface area contributed by atoms with E-state index in [2.05, 4.69) is 12.1 Å². The first-order valence-electron chi connectivity index (χ1n) is 8.50. The molecule has 1 heterocycles. The molecule has 3 rings (SSSR count). The number of methoxy groups -OCH3 is 2. The van der Waals surface area contributed by atoms with Gasteiger partial charge in [0.05, 0.1) is 32.5 Å². The van der Waals surface area contributed by atoms with Crippen LogP contribution < -0.4 is 14.2 Å². The molecule has 5 heteroatoms. The second-order valence-corrected chi connectivity index (χ2v) is 5.93. The molecule has 0 aliphatic rings. The van der Waals surface area contributed by atoms with Crippen LogP contribution in [0.1, 0.15) is 29.3 Å². The molecule has 0 atom stereocenters. The Morgan fingerprint density at radius 1 is 1.00 bits per heavy atom. The topological polar surface area (TPSA) is 57.9 Å². The fourth-order valence-corrected chi connectivity index (χ4v) is 3.07. The van der Waals surface area contributed by atoms with E-state index in [1.54, 1.807) is 12.3 Å². The Kier molecular flexibility index (Phi) is 5.46. The minimum atomic E-state index is -0.152. The Hall–Kier alpha value is -2.95. The number of aryl methyl sites for hydroxylation is 1. The highest BCUT2D eigenvalue weighted by atomic mass is 16.5. The molecule has 2 aromatic carbocycles. The van der Waals surface area contributed by atoms with Crippen LogP contribution in [0.25, 0.3) is 11.0 Å². The predicted octanol–water partition coefficient (Wildman–Crippen LogP) is 4.66. The number of carbonyl (C=O) groups excluding carboxylic acids is 1. The van der Waals surface area contributed by atoms with E-state index >= 15 is 0 Å². The zero-order chi connectivity index (χ0) is 18.5. The standard InChI is InChI=1S/C21H22O5/c1-14(22)17-18(23-2)16-11-13-26-19(16)21(24-3)20(17)25-12-7-10-15-8-5-4-6-9-15/h4-6,8-9,11,13H,7,10,12H2,1-3H3. The molecule has 0 unspecified atom stereocenters. The van der Waals surface area contributed by atoms with Gasteiger partial charge in [-0.25, -0.2) is 0 Å². The molecule has 0 fully saturated rings. The van der Waals surface area contributed by atoms with Crippen molar-refractivity contribution in [1.82, 2.24) is 0 Å². The minimum absolute atomic E-state index is 0.152. The van der Waals surface area contributed by atoms with Crippen molar-refractivity contribution in [3.8, 4) is 17.2 Å². The number of carbonyl (C=O) groups is 1. The molecule has 3 aromatic rings. The van der Waals surface area contributed by atoms with Gasteiger partial charge in [-0.15, -0.1) is 0 Å². The number of fused-ring (bicyclic) bond motifs is 1. The molecule has 0 N–H and O–H groups in total. The summed E-state index contributed by atoms with van der Waals surface area (Å²) in [7, 11) is 3.06. The monoisotopic (exact) mass is 354 g/mol. The van der Waals surface area contributed by atoms with Gasteiger partial charge in [0.1, 0.15) is 11.3 Å². The van der Waals surface area contributed by atoms with E-state index in [1.807, 2.05) is 18.2 Å². The molecule has 136 valence electrons. The van der Waals surface area contributed by atoms with E-state index in [4.69, 9.17) is 18.6 Å². The number of Topliss-reactive ketones (excluding diaryl/α,β-unsaturated/α-hetero) is 1. The number of rotatable bonds is 8. The summed E-state index contributed by atoms with van der Waals surface area (Å²) < 4.78 is 22.5. The first-order valence-corrected chi connectivity index (χ1v) is 8.50. The second-order valence-electron chi connectivity index (χ2n) is 5.93. The number of hydrogen-bond donors (Lipinski definition) is 0. The van der Waals surface area contributed by atoms with Gasteiger partial charge < -0.3 is 18.6 Å². The van der Waals surface area contributed by atoms with Crippen LogP contribution in [-0.4, -0.2) is 26.6 Å². The Balaban J connectivity index is 1.90. The summed E-state index contributed by atoms with van der Waals surface area (Å²) in [5, 5.41) is 0.686. The average Bonchev–Trinajstić information content (AvgIpc) is 3.13. The first-order chi connectivity index (χ1) is 12.7. The summed E-state index contributed by atoms with van der Waals surface area (Å²) in [6.45, 7) is 1.93. The zero-order valence-corrected chi connectivity index (χ0v) is 15.2. The highest BCUT2D eigenvalue weighted by Gasteiger charge is 2.27. The largest absolute Gasteiger partial charge is 0.495 e.